The minimum atomic E-state index is -0.471. The predicted octanol–water partition coefficient (Wildman–Crippen LogP) is 5.05. The summed E-state index contributed by atoms with van der Waals surface area (Å²) in [6.07, 6.45) is 2.65. The summed E-state index contributed by atoms with van der Waals surface area (Å²) in [7, 11) is -0.471. The molecule has 0 spiro atoms. The van der Waals surface area contributed by atoms with Crippen LogP contribution in [0.25, 0.3) is 11.0 Å². The van der Waals surface area contributed by atoms with Gasteiger partial charge in [0.2, 0.25) is 0 Å². The van der Waals surface area contributed by atoms with Gasteiger partial charge in [-0.2, -0.15) is 0 Å². The molecular weight excluding hydrogens is 419 g/mol. The summed E-state index contributed by atoms with van der Waals surface area (Å²) in [4.78, 5) is 9.18. The van der Waals surface area contributed by atoms with Gasteiger partial charge in [0, 0.05) is 10.8 Å². The highest BCUT2D eigenvalue weighted by molar-refractivity contribution is 6.64. The molecule has 0 amide bonds. The molecule has 0 saturated carbocycles. The fourth-order valence-corrected chi connectivity index (χ4v) is 3.57. The van der Waals surface area contributed by atoms with E-state index in [9.17, 15) is 4.79 Å². The zero-order chi connectivity index (χ0) is 24.1. The van der Waals surface area contributed by atoms with Crippen molar-refractivity contribution in [2.75, 3.05) is 6.61 Å². The van der Waals surface area contributed by atoms with Gasteiger partial charge in [-0.05, 0) is 70.4 Å². The zero-order valence-corrected chi connectivity index (χ0v) is 20.3. The lowest BCUT2D eigenvalue weighted by molar-refractivity contribution is -0.128. The molecule has 0 radical (unpaired) electrons. The summed E-state index contributed by atoms with van der Waals surface area (Å²) in [5.41, 5.74) is 3.18. The van der Waals surface area contributed by atoms with Gasteiger partial charge in [-0.25, -0.2) is 0 Å². The Morgan fingerprint density at radius 1 is 1.00 bits per heavy atom. The molecule has 0 unspecified atom stereocenters. The Labute approximate surface area is 196 Å². The molecule has 6 nitrogen and oxygen atoms in total. The predicted molar refractivity (Wildman–Crippen MR) is 130 cm³/mol. The molecule has 1 aromatic heterocycles. The van der Waals surface area contributed by atoms with Crippen molar-refractivity contribution in [3.8, 4) is 5.75 Å². The number of aryl methyl sites for hydroxylation is 1. The third-order valence-corrected chi connectivity index (χ3v) is 6.13. The smallest absolute Gasteiger partial charge is 0.489 e. The van der Waals surface area contributed by atoms with E-state index >= 15 is 0 Å². The number of carbonyl (C=O) groups excluding carboxylic acids is 1. The molecule has 2 aromatic carbocycles. The molecule has 0 N–H and O–H groups in total. The SMILES string of the molecule is CCOC=O.CCc1ccccc1OCc1cc(B2OC(C)(C)C(C)(C)O2)c2occc2c1. The molecule has 1 aliphatic rings. The van der Waals surface area contributed by atoms with E-state index in [1.165, 1.54) is 5.56 Å². The largest absolute Gasteiger partial charge is 0.498 e. The van der Waals surface area contributed by atoms with E-state index in [1.807, 2.05) is 24.3 Å². The Hall–Kier alpha value is -2.77. The second-order valence-corrected chi connectivity index (χ2v) is 8.91. The Morgan fingerprint density at radius 2 is 1.70 bits per heavy atom. The van der Waals surface area contributed by atoms with Crippen molar-refractivity contribution in [2.45, 2.75) is 65.8 Å². The van der Waals surface area contributed by atoms with Gasteiger partial charge in [-0.1, -0.05) is 31.2 Å². The topological polar surface area (TPSA) is 67.1 Å². The van der Waals surface area contributed by atoms with Gasteiger partial charge >= 0.3 is 7.12 Å². The van der Waals surface area contributed by atoms with Crippen molar-refractivity contribution in [1.82, 2.24) is 0 Å². The normalized spacial score (nSPS) is 16.2. The van der Waals surface area contributed by atoms with Gasteiger partial charge in [-0.3, -0.25) is 4.79 Å². The number of para-hydroxylation sites is 1. The van der Waals surface area contributed by atoms with Crippen molar-refractivity contribution in [2.24, 2.45) is 0 Å². The van der Waals surface area contributed by atoms with Crippen molar-refractivity contribution < 1.29 is 28.0 Å². The van der Waals surface area contributed by atoms with E-state index < -0.39 is 18.3 Å². The first-order chi connectivity index (χ1) is 15.7. The molecule has 33 heavy (non-hydrogen) atoms. The molecule has 7 heteroatoms. The van der Waals surface area contributed by atoms with E-state index in [-0.39, 0.29) is 0 Å². The third kappa shape index (κ3) is 5.60. The lowest BCUT2D eigenvalue weighted by atomic mass is 9.77. The number of hydrogen-bond donors (Lipinski definition) is 0. The molecule has 3 aromatic rings. The lowest BCUT2D eigenvalue weighted by Gasteiger charge is -2.32. The van der Waals surface area contributed by atoms with E-state index in [0.717, 1.165) is 34.2 Å². The van der Waals surface area contributed by atoms with Crippen molar-refractivity contribution in [1.29, 1.82) is 0 Å². The van der Waals surface area contributed by atoms with Crippen molar-refractivity contribution in [3.05, 3.63) is 59.9 Å². The maximum absolute atomic E-state index is 9.18. The zero-order valence-electron chi connectivity index (χ0n) is 20.3. The molecule has 1 saturated heterocycles. The number of ether oxygens (including phenoxy) is 2. The van der Waals surface area contributed by atoms with Gasteiger partial charge in [0.1, 0.15) is 17.9 Å². The Morgan fingerprint density at radius 3 is 2.30 bits per heavy atom. The summed E-state index contributed by atoms with van der Waals surface area (Å²) in [5, 5.41) is 1.02. The first-order valence-electron chi connectivity index (χ1n) is 11.3. The molecule has 1 fully saturated rings. The van der Waals surface area contributed by atoms with Crippen LogP contribution in [0.4, 0.5) is 0 Å². The third-order valence-electron chi connectivity index (χ3n) is 6.13. The summed E-state index contributed by atoms with van der Waals surface area (Å²) in [5.74, 6) is 0.925. The fourth-order valence-electron chi connectivity index (χ4n) is 3.57. The van der Waals surface area contributed by atoms with Gasteiger partial charge in [-0.15, -0.1) is 0 Å². The minimum absolute atomic E-state index is 0.400. The van der Waals surface area contributed by atoms with Crippen LogP contribution in [0, 0.1) is 0 Å². The Bertz CT molecular complexity index is 1060. The van der Waals surface area contributed by atoms with Gasteiger partial charge in [0.25, 0.3) is 6.47 Å². The van der Waals surface area contributed by atoms with E-state index in [2.05, 4.69) is 57.6 Å². The average Bonchev–Trinajstić information content (AvgIpc) is 3.34. The van der Waals surface area contributed by atoms with Crippen LogP contribution in [-0.2, 0) is 31.9 Å². The van der Waals surface area contributed by atoms with E-state index in [1.54, 1.807) is 13.2 Å². The number of furan rings is 1. The van der Waals surface area contributed by atoms with Gasteiger partial charge < -0.3 is 23.2 Å². The maximum atomic E-state index is 9.18. The standard InChI is InChI=1S/C23H27BO4.C3H6O2/c1-6-17-9-7-8-10-20(17)26-15-16-13-18-11-12-25-21(18)19(14-16)24-27-22(2,3)23(4,5)28-24;1-2-5-3-4/h7-14H,6,15H2,1-5H3;3H,2H2,1H3. The summed E-state index contributed by atoms with van der Waals surface area (Å²) in [6, 6.07) is 14.3. The second-order valence-electron chi connectivity index (χ2n) is 8.91. The highest BCUT2D eigenvalue weighted by Crippen LogP contribution is 2.37. The molecule has 4 rings (SSSR count). The highest BCUT2D eigenvalue weighted by atomic mass is 16.7. The van der Waals surface area contributed by atoms with E-state index in [4.69, 9.17) is 18.5 Å². The first-order valence-corrected chi connectivity index (χ1v) is 11.3. The maximum Gasteiger partial charge on any atom is 0.498 e. The van der Waals surface area contributed by atoms with Crippen molar-refractivity contribution in [3.63, 3.8) is 0 Å². The number of rotatable bonds is 7. The van der Waals surface area contributed by atoms with Crippen LogP contribution in [0.2, 0.25) is 0 Å². The minimum Gasteiger partial charge on any atom is -0.489 e. The molecular formula is C26H33BO6. The number of benzene rings is 2. The monoisotopic (exact) mass is 452 g/mol. The summed E-state index contributed by atoms with van der Waals surface area (Å²) < 4.78 is 28.5. The van der Waals surface area contributed by atoms with Crippen LogP contribution in [0.15, 0.2) is 53.1 Å². The van der Waals surface area contributed by atoms with Crippen LogP contribution in [0.3, 0.4) is 0 Å². The average molecular weight is 452 g/mol. The molecule has 0 aliphatic carbocycles. The summed E-state index contributed by atoms with van der Waals surface area (Å²) in [6.45, 7) is 13.5. The van der Waals surface area contributed by atoms with Gasteiger partial charge in [0.05, 0.1) is 24.1 Å². The highest BCUT2D eigenvalue weighted by Gasteiger charge is 2.52. The number of carbonyl (C=O) groups is 1. The Balaban J connectivity index is 0.000000555. The van der Waals surface area contributed by atoms with Gasteiger partial charge in [0.15, 0.2) is 0 Å². The molecule has 2 heterocycles. The summed E-state index contributed by atoms with van der Waals surface area (Å²) >= 11 is 0. The molecule has 176 valence electrons. The first kappa shape index (κ1) is 24.9. The van der Waals surface area contributed by atoms with Crippen LogP contribution in [0.1, 0.15) is 52.7 Å². The van der Waals surface area contributed by atoms with E-state index in [0.29, 0.717) is 19.7 Å². The van der Waals surface area contributed by atoms with Crippen LogP contribution >= 0.6 is 0 Å². The van der Waals surface area contributed by atoms with Crippen LogP contribution < -0.4 is 10.2 Å². The van der Waals surface area contributed by atoms with Crippen LogP contribution in [0.5, 0.6) is 5.75 Å². The molecule has 1 aliphatic heterocycles. The Kier molecular flexibility index (Phi) is 7.87. The lowest BCUT2D eigenvalue weighted by Crippen LogP contribution is -2.41. The number of hydrogen-bond acceptors (Lipinski definition) is 6. The van der Waals surface area contributed by atoms with Crippen molar-refractivity contribution >= 4 is 30.0 Å². The fraction of sp³-hybridized carbons (Fsp3) is 0.423. The molecule has 0 atom stereocenters. The molecule has 0 bridgehead atoms. The number of fused-ring (bicyclic) bond motifs is 1. The quantitative estimate of drug-likeness (QED) is 0.369. The second kappa shape index (κ2) is 10.4. The van der Waals surface area contributed by atoms with Crippen LogP contribution in [-0.4, -0.2) is 31.4 Å².